The van der Waals surface area contributed by atoms with Crippen LogP contribution in [0.4, 0.5) is 0 Å². The van der Waals surface area contributed by atoms with E-state index >= 15 is 0 Å². The normalized spacial score (nSPS) is 24.1. The van der Waals surface area contributed by atoms with Gasteiger partial charge in [0.15, 0.2) is 5.96 Å². The fraction of sp³-hybridized carbons (Fsp3) is 0.947. The predicted molar refractivity (Wildman–Crippen MR) is 120 cm³/mol. The summed E-state index contributed by atoms with van der Waals surface area (Å²) in [6.45, 7) is 15.3. The van der Waals surface area contributed by atoms with E-state index < -0.39 is 0 Å². The molecule has 2 saturated heterocycles. The summed E-state index contributed by atoms with van der Waals surface area (Å²) in [6.07, 6.45) is 2.45. The molecule has 0 aromatic rings. The molecule has 0 amide bonds. The van der Waals surface area contributed by atoms with Crippen LogP contribution in [-0.2, 0) is 14.2 Å². The Bertz CT molecular complexity index is 406. The zero-order chi connectivity index (χ0) is 18.6. The third-order valence-corrected chi connectivity index (χ3v) is 4.50. The molecule has 7 nitrogen and oxygen atoms in total. The Hall–Kier alpha value is -0.160. The van der Waals surface area contributed by atoms with Crippen LogP contribution < -0.4 is 10.6 Å². The van der Waals surface area contributed by atoms with Crippen molar-refractivity contribution in [3.63, 3.8) is 0 Å². The number of nitrogens with one attached hydrogen (secondary N) is 2. The Labute approximate surface area is 182 Å². The first-order chi connectivity index (χ1) is 12.7. The largest absolute Gasteiger partial charge is 0.379 e. The van der Waals surface area contributed by atoms with Crippen molar-refractivity contribution in [3.05, 3.63) is 0 Å². The summed E-state index contributed by atoms with van der Waals surface area (Å²) < 4.78 is 17.0. The van der Waals surface area contributed by atoms with Crippen molar-refractivity contribution in [3.8, 4) is 0 Å². The van der Waals surface area contributed by atoms with E-state index in [2.05, 4.69) is 36.3 Å². The van der Waals surface area contributed by atoms with Gasteiger partial charge in [0.25, 0.3) is 0 Å². The van der Waals surface area contributed by atoms with Gasteiger partial charge in [0, 0.05) is 45.9 Å². The lowest BCUT2D eigenvalue weighted by atomic mass is 10.2. The number of hydrogen-bond donors (Lipinski definition) is 2. The molecule has 2 unspecified atom stereocenters. The van der Waals surface area contributed by atoms with Crippen LogP contribution in [0.1, 0.15) is 33.6 Å². The van der Waals surface area contributed by atoms with Crippen LogP contribution in [0, 0.1) is 5.92 Å². The van der Waals surface area contributed by atoms with E-state index in [4.69, 9.17) is 19.2 Å². The highest BCUT2D eigenvalue weighted by molar-refractivity contribution is 14.0. The molecule has 2 aliphatic heterocycles. The van der Waals surface area contributed by atoms with Gasteiger partial charge in [-0.1, -0.05) is 13.8 Å². The number of guanidine groups is 1. The van der Waals surface area contributed by atoms with E-state index in [-0.39, 0.29) is 36.2 Å². The summed E-state index contributed by atoms with van der Waals surface area (Å²) in [4.78, 5) is 7.19. The first kappa shape index (κ1) is 24.9. The van der Waals surface area contributed by atoms with Gasteiger partial charge in [0.2, 0.25) is 0 Å². The lowest BCUT2D eigenvalue weighted by Crippen LogP contribution is -2.46. The van der Waals surface area contributed by atoms with Crippen molar-refractivity contribution < 1.29 is 14.2 Å². The quantitative estimate of drug-likeness (QED) is 0.207. The van der Waals surface area contributed by atoms with Gasteiger partial charge in [-0.15, -0.1) is 24.0 Å². The van der Waals surface area contributed by atoms with Crippen LogP contribution in [-0.4, -0.2) is 88.8 Å². The third-order valence-electron chi connectivity index (χ3n) is 4.50. The van der Waals surface area contributed by atoms with Gasteiger partial charge in [-0.25, -0.2) is 0 Å². The van der Waals surface area contributed by atoms with Crippen molar-refractivity contribution in [2.45, 2.75) is 45.8 Å². The molecule has 2 N–H and O–H groups in total. The molecule has 27 heavy (non-hydrogen) atoms. The number of rotatable bonds is 10. The summed E-state index contributed by atoms with van der Waals surface area (Å²) >= 11 is 0. The van der Waals surface area contributed by atoms with Crippen LogP contribution >= 0.6 is 24.0 Å². The lowest BCUT2D eigenvalue weighted by Gasteiger charge is -2.33. The molecule has 8 heteroatoms. The smallest absolute Gasteiger partial charge is 0.191 e. The van der Waals surface area contributed by atoms with E-state index in [1.807, 2.05) is 0 Å². The Morgan fingerprint density at radius 3 is 2.85 bits per heavy atom. The molecular formula is C19H39IN4O3. The number of hydrogen-bond acceptors (Lipinski definition) is 5. The van der Waals surface area contributed by atoms with Gasteiger partial charge in [0.05, 0.1) is 32.0 Å². The van der Waals surface area contributed by atoms with Gasteiger partial charge < -0.3 is 24.8 Å². The summed E-state index contributed by atoms with van der Waals surface area (Å²) in [5.41, 5.74) is 0. The number of aliphatic imine (C=N–C) groups is 1. The van der Waals surface area contributed by atoms with Crippen molar-refractivity contribution in [2.24, 2.45) is 10.9 Å². The predicted octanol–water partition coefficient (Wildman–Crippen LogP) is 1.71. The zero-order valence-corrected chi connectivity index (χ0v) is 19.6. The first-order valence-electron chi connectivity index (χ1n) is 10.2. The summed E-state index contributed by atoms with van der Waals surface area (Å²) in [6, 6.07) is 0. The van der Waals surface area contributed by atoms with E-state index in [1.165, 1.54) is 0 Å². The zero-order valence-electron chi connectivity index (χ0n) is 17.2. The summed E-state index contributed by atoms with van der Waals surface area (Å²) in [5, 5.41) is 6.69. The molecule has 0 spiro atoms. The maximum Gasteiger partial charge on any atom is 0.191 e. The summed E-state index contributed by atoms with van der Waals surface area (Å²) in [5.74, 6) is 1.55. The third kappa shape index (κ3) is 10.8. The van der Waals surface area contributed by atoms with Crippen LogP contribution in [0.25, 0.3) is 0 Å². The van der Waals surface area contributed by atoms with Gasteiger partial charge in [-0.3, -0.25) is 9.89 Å². The average molecular weight is 498 g/mol. The van der Waals surface area contributed by atoms with Gasteiger partial charge in [0.1, 0.15) is 0 Å². The van der Waals surface area contributed by atoms with Crippen LogP contribution in [0.3, 0.4) is 0 Å². The minimum absolute atomic E-state index is 0. The van der Waals surface area contributed by atoms with Crippen LogP contribution in [0.5, 0.6) is 0 Å². The maximum absolute atomic E-state index is 5.88. The van der Waals surface area contributed by atoms with Crippen LogP contribution in [0.2, 0.25) is 0 Å². The highest BCUT2D eigenvalue weighted by atomic mass is 127. The standard InChI is InChI=1S/C19H38N4O3.HI/c1-4-20-19(21-7-5-9-25-17-6-10-24-15-17)22-12-18-14-23(8-11-26-18)13-16(2)3;/h16-18H,4-15H2,1-3H3,(H2,20,21,22);1H. The number of ether oxygens (including phenoxy) is 3. The topological polar surface area (TPSA) is 67.4 Å². The van der Waals surface area contributed by atoms with E-state index in [9.17, 15) is 0 Å². The van der Waals surface area contributed by atoms with Crippen molar-refractivity contribution in [1.29, 1.82) is 0 Å². The molecule has 0 bridgehead atoms. The minimum atomic E-state index is 0. The minimum Gasteiger partial charge on any atom is -0.379 e. The molecule has 2 atom stereocenters. The second-order valence-corrected chi connectivity index (χ2v) is 7.50. The monoisotopic (exact) mass is 498 g/mol. The SMILES string of the molecule is CCNC(=NCC1CN(CC(C)C)CCO1)NCCCOC1CCOC1.I. The van der Waals surface area contributed by atoms with E-state index in [0.29, 0.717) is 12.5 Å². The fourth-order valence-corrected chi connectivity index (χ4v) is 3.28. The van der Waals surface area contributed by atoms with E-state index in [1.54, 1.807) is 0 Å². The molecule has 0 radical (unpaired) electrons. The van der Waals surface area contributed by atoms with E-state index in [0.717, 1.165) is 78.0 Å². The number of halogens is 1. The molecule has 0 saturated carbocycles. The molecule has 2 rings (SSSR count). The molecule has 0 aromatic carbocycles. The molecule has 2 heterocycles. The van der Waals surface area contributed by atoms with Crippen molar-refractivity contribution in [1.82, 2.24) is 15.5 Å². The Kier molecular flexibility index (Phi) is 13.6. The van der Waals surface area contributed by atoms with Crippen LogP contribution in [0.15, 0.2) is 4.99 Å². The fourth-order valence-electron chi connectivity index (χ4n) is 3.28. The van der Waals surface area contributed by atoms with Crippen molar-refractivity contribution in [2.75, 3.05) is 65.7 Å². The highest BCUT2D eigenvalue weighted by Crippen LogP contribution is 2.09. The average Bonchev–Trinajstić information content (AvgIpc) is 3.12. The Balaban J connectivity index is 0.00000364. The highest BCUT2D eigenvalue weighted by Gasteiger charge is 2.20. The molecule has 2 fully saturated rings. The summed E-state index contributed by atoms with van der Waals surface area (Å²) in [7, 11) is 0. The molecule has 0 aromatic heterocycles. The number of morpholine rings is 1. The first-order valence-corrected chi connectivity index (χ1v) is 10.2. The van der Waals surface area contributed by atoms with Gasteiger partial charge in [-0.05, 0) is 25.7 Å². The second kappa shape index (κ2) is 14.8. The lowest BCUT2D eigenvalue weighted by molar-refractivity contribution is -0.0261. The second-order valence-electron chi connectivity index (χ2n) is 7.50. The molecular weight excluding hydrogens is 459 g/mol. The molecule has 2 aliphatic rings. The van der Waals surface area contributed by atoms with Crippen molar-refractivity contribution >= 4 is 29.9 Å². The molecule has 160 valence electrons. The number of nitrogens with zero attached hydrogens (tertiary/aromatic N) is 2. The van der Waals surface area contributed by atoms with Gasteiger partial charge in [-0.2, -0.15) is 0 Å². The Morgan fingerprint density at radius 1 is 1.30 bits per heavy atom. The Morgan fingerprint density at radius 2 is 2.15 bits per heavy atom. The molecule has 0 aliphatic carbocycles. The maximum atomic E-state index is 5.88. The van der Waals surface area contributed by atoms with Gasteiger partial charge >= 0.3 is 0 Å².